The van der Waals surface area contributed by atoms with Crippen LogP contribution >= 0.6 is 0 Å². The van der Waals surface area contributed by atoms with Gasteiger partial charge in [0.2, 0.25) is 10.0 Å². The monoisotopic (exact) mass is 312 g/mol. The van der Waals surface area contributed by atoms with Crippen LogP contribution in [0.4, 0.5) is 5.69 Å². The third kappa shape index (κ3) is 4.69. The summed E-state index contributed by atoms with van der Waals surface area (Å²) >= 11 is 0. The highest BCUT2D eigenvalue weighted by Gasteiger charge is 2.28. The van der Waals surface area contributed by atoms with Crippen molar-refractivity contribution in [3.8, 4) is 0 Å². The van der Waals surface area contributed by atoms with Crippen molar-refractivity contribution < 1.29 is 13.3 Å². The number of likely N-dealkylation sites (tertiary alicyclic amines) is 1. The van der Waals surface area contributed by atoms with Crippen LogP contribution < -0.4 is 14.5 Å². The number of nitrogens with zero attached hydrogens (tertiary/aromatic N) is 1. The first-order valence-corrected chi connectivity index (χ1v) is 9.32. The first kappa shape index (κ1) is 16.3. The standard InChI is InChI=1S/C15H25N3O2S/c1-17(2)14-8-6-13(7-9-14)15(12-16-21(3,19)20)18-10-4-5-11-18/h6-9,15-16H,4-5,10-12H2,1-3H3/p+1/t15-/m1/s1. The molecule has 1 heterocycles. The Labute approximate surface area is 128 Å². The molecule has 0 unspecified atom stereocenters. The minimum Gasteiger partial charge on any atom is -0.378 e. The second kappa shape index (κ2) is 6.77. The van der Waals surface area contributed by atoms with Crippen LogP contribution in [0, 0.1) is 0 Å². The number of sulfonamides is 1. The van der Waals surface area contributed by atoms with E-state index in [1.54, 1.807) is 0 Å². The predicted molar refractivity (Wildman–Crippen MR) is 86.3 cm³/mol. The first-order chi connectivity index (χ1) is 9.87. The maximum atomic E-state index is 11.4. The summed E-state index contributed by atoms with van der Waals surface area (Å²) in [5.41, 5.74) is 2.36. The fourth-order valence-electron chi connectivity index (χ4n) is 2.91. The molecule has 0 radical (unpaired) electrons. The highest BCUT2D eigenvalue weighted by molar-refractivity contribution is 7.88. The Morgan fingerprint density at radius 2 is 1.76 bits per heavy atom. The van der Waals surface area contributed by atoms with E-state index in [1.165, 1.54) is 29.6 Å². The van der Waals surface area contributed by atoms with Crippen molar-refractivity contribution >= 4 is 15.7 Å². The molecule has 21 heavy (non-hydrogen) atoms. The highest BCUT2D eigenvalue weighted by atomic mass is 32.2. The lowest BCUT2D eigenvalue weighted by atomic mass is 10.1. The summed E-state index contributed by atoms with van der Waals surface area (Å²) in [6.07, 6.45) is 3.67. The number of benzene rings is 1. The van der Waals surface area contributed by atoms with E-state index in [1.807, 2.05) is 14.1 Å². The van der Waals surface area contributed by atoms with Crippen LogP contribution in [0.3, 0.4) is 0 Å². The predicted octanol–water partition coefficient (Wildman–Crippen LogP) is 0.0216. The minimum absolute atomic E-state index is 0.193. The van der Waals surface area contributed by atoms with Crippen molar-refractivity contribution in [3.05, 3.63) is 29.8 Å². The van der Waals surface area contributed by atoms with Crippen molar-refractivity contribution in [1.29, 1.82) is 0 Å². The molecule has 0 amide bonds. The topological polar surface area (TPSA) is 53.9 Å². The van der Waals surface area contributed by atoms with Gasteiger partial charge >= 0.3 is 0 Å². The van der Waals surface area contributed by atoms with Gasteiger partial charge in [0.1, 0.15) is 6.04 Å². The van der Waals surface area contributed by atoms with Crippen molar-refractivity contribution in [2.75, 3.05) is 44.9 Å². The maximum Gasteiger partial charge on any atom is 0.208 e. The van der Waals surface area contributed by atoms with Crippen molar-refractivity contribution in [2.24, 2.45) is 0 Å². The number of quaternary nitrogens is 1. The number of anilines is 1. The molecule has 0 spiro atoms. The molecule has 1 atom stereocenters. The number of nitrogens with one attached hydrogen (secondary N) is 2. The molecule has 0 bridgehead atoms. The SMILES string of the molecule is CN(C)c1ccc([C@@H](CNS(C)(=O)=O)[NH+]2CCCC2)cc1. The summed E-state index contributed by atoms with van der Waals surface area (Å²) < 4.78 is 25.5. The fourth-order valence-corrected chi connectivity index (χ4v) is 3.38. The Morgan fingerprint density at radius 3 is 2.24 bits per heavy atom. The maximum absolute atomic E-state index is 11.4. The zero-order valence-corrected chi connectivity index (χ0v) is 13.9. The summed E-state index contributed by atoms with van der Waals surface area (Å²) in [6.45, 7) is 2.70. The van der Waals surface area contributed by atoms with Crippen LogP contribution in [0.15, 0.2) is 24.3 Å². The molecular weight excluding hydrogens is 286 g/mol. The van der Waals surface area contributed by atoms with Crippen LogP contribution in [0.5, 0.6) is 0 Å². The third-order valence-electron chi connectivity index (χ3n) is 4.10. The lowest BCUT2D eigenvalue weighted by Crippen LogP contribution is -3.11. The van der Waals surface area contributed by atoms with Gasteiger partial charge in [0.25, 0.3) is 0 Å². The van der Waals surface area contributed by atoms with Crippen molar-refractivity contribution in [3.63, 3.8) is 0 Å². The average molecular weight is 312 g/mol. The van der Waals surface area contributed by atoms with Gasteiger partial charge < -0.3 is 9.80 Å². The Morgan fingerprint density at radius 1 is 1.19 bits per heavy atom. The molecule has 2 N–H and O–H groups in total. The molecule has 2 rings (SSSR count). The van der Waals surface area contributed by atoms with Gasteiger partial charge in [0, 0.05) is 38.2 Å². The molecule has 1 saturated heterocycles. The Kier molecular flexibility index (Phi) is 5.24. The van der Waals surface area contributed by atoms with Gasteiger partial charge in [-0.15, -0.1) is 0 Å². The molecule has 1 fully saturated rings. The molecule has 1 aliphatic rings. The lowest BCUT2D eigenvalue weighted by molar-refractivity contribution is -0.918. The minimum atomic E-state index is -3.15. The quantitative estimate of drug-likeness (QED) is 0.779. The first-order valence-electron chi connectivity index (χ1n) is 7.43. The largest absolute Gasteiger partial charge is 0.378 e. The Bertz CT molecular complexity index is 549. The molecule has 0 aromatic heterocycles. The van der Waals surface area contributed by atoms with Gasteiger partial charge in [-0.2, -0.15) is 0 Å². The Hall–Kier alpha value is -1.11. The van der Waals surface area contributed by atoms with Crippen LogP contribution in [0.2, 0.25) is 0 Å². The molecular formula is C15H26N3O2S+. The van der Waals surface area contributed by atoms with Crippen molar-refractivity contribution in [1.82, 2.24) is 4.72 Å². The fraction of sp³-hybridized carbons (Fsp3) is 0.600. The van der Waals surface area contributed by atoms with E-state index >= 15 is 0 Å². The molecule has 6 heteroatoms. The van der Waals surface area contributed by atoms with Gasteiger partial charge in [0.05, 0.1) is 25.9 Å². The highest BCUT2D eigenvalue weighted by Crippen LogP contribution is 2.17. The van der Waals surface area contributed by atoms with Gasteiger partial charge in [-0.25, -0.2) is 13.1 Å². The third-order valence-corrected chi connectivity index (χ3v) is 4.79. The molecule has 0 saturated carbocycles. The molecule has 1 aliphatic heterocycles. The average Bonchev–Trinajstić information content (AvgIpc) is 2.92. The number of hydrogen-bond donors (Lipinski definition) is 2. The lowest BCUT2D eigenvalue weighted by Gasteiger charge is -2.25. The van der Waals surface area contributed by atoms with Crippen LogP contribution in [0.1, 0.15) is 24.4 Å². The normalized spacial score (nSPS) is 17.9. The summed E-state index contributed by atoms with van der Waals surface area (Å²) in [5.74, 6) is 0. The number of hydrogen-bond acceptors (Lipinski definition) is 3. The van der Waals surface area contributed by atoms with E-state index in [4.69, 9.17) is 0 Å². The number of rotatable bonds is 6. The molecule has 0 aliphatic carbocycles. The zero-order chi connectivity index (χ0) is 15.5. The smallest absolute Gasteiger partial charge is 0.208 e. The molecule has 1 aromatic rings. The Balaban J connectivity index is 2.17. The van der Waals surface area contributed by atoms with Gasteiger partial charge in [-0.1, -0.05) is 12.1 Å². The second-order valence-corrected chi connectivity index (χ2v) is 7.86. The van der Waals surface area contributed by atoms with E-state index in [9.17, 15) is 8.42 Å². The van der Waals surface area contributed by atoms with E-state index < -0.39 is 10.0 Å². The molecule has 1 aromatic carbocycles. The van der Waals surface area contributed by atoms with Gasteiger partial charge in [0.15, 0.2) is 0 Å². The van der Waals surface area contributed by atoms with E-state index in [-0.39, 0.29) is 6.04 Å². The second-order valence-electron chi connectivity index (χ2n) is 6.02. The molecule has 118 valence electrons. The van der Waals surface area contributed by atoms with Crippen LogP contribution in [-0.4, -0.2) is 48.4 Å². The van der Waals surface area contributed by atoms with Crippen LogP contribution in [-0.2, 0) is 10.0 Å². The van der Waals surface area contributed by atoms with E-state index in [0.717, 1.165) is 18.8 Å². The summed E-state index contributed by atoms with van der Waals surface area (Å²) in [7, 11) is 0.885. The van der Waals surface area contributed by atoms with E-state index in [0.29, 0.717) is 6.54 Å². The summed E-state index contributed by atoms with van der Waals surface area (Å²) in [6, 6.07) is 8.62. The molecule has 5 nitrogen and oxygen atoms in total. The van der Waals surface area contributed by atoms with Crippen molar-refractivity contribution in [2.45, 2.75) is 18.9 Å². The van der Waals surface area contributed by atoms with Crippen LogP contribution in [0.25, 0.3) is 0 Å². The van der Waals surface area contributed by atoms with Gasteiger partial charge in [-0.05, 0) is 12.1 Å². The zero-order valence-electron chi connectivity index (χ0n) is 13.1. The van der Waals surface area contributed by atoms with Gasteiger partial charge in [-0.3, -0.25) is 0 Å². The summed E-state index contributed by atoms with van der Waals surface area (Å²) in [5, 5.41) is 0. The summed E-state index contributed by atoms with van der Waals surface area (Å²) in [4.78, 5) is 3.54. The van der Waals surface area contributed by atoms with E-state index in [2.05, 4.69) is 33.9 Å².